The third-order valence-electron chi connectivity index (χ3n) is 3.95. The fourth-order valence-electron chi connectivity index (χ4n) is 2.76. The number of rotatable bonds is 6. The molecule has 1 aromatic rings. The second kappa shape index (κ2) is 7.78. The van der Waals surface area contributed by atoms with Crippen LogP contribution in [0.4, 0.5) is 0 Å². The lowest BCUT2D eigenvalue weighted by molar-refractivity contribution is -0.129. The largest absolute Gasteiger partial charge is 0.356 e. The van der Waals surface area contributed by atoms with E-state index < -0.39 is 0 Å². The summed E-state index contributed by atoms with van der Waals surface area (Å²) in [5, 5.41) is 2.95. The molecule has 1 aromatic carbocycles. The van der Waals surface area contributed by atoms with Crippen LogP contribution < -0.4 is 5.32 Å². The molecule has 0 bridgehead atoms. The Hall–Kier alpha value is -2.10. The van der Waals surface area contributed by atoms with Crippen molar-refractivity contribution < 1.29 is 9.59 Å². The van der Waals surface area contributed by atoms with E-state index in [1.54, 1.807) is 11.1 Å². The van der Waals surface area contributed by atoms with Gasteiger partial charge in [-0.15, -0.1) is 0 Å². The highest BCUT2D eigenvalue weighted by Crippen LogP contribution is 2.32. The van der Waals surface area contributed by atoms with Gasteiger partial charge in [-0.3, -0.25) is 9.59 Å². The number of fused-ring (bicyclic) bond motifs is 1. The molecule has 0 saturated carbocycles. The molecular weight excluding hydrogens is 276 g/mol. The van der Waals surface area contributed by atoms with Crippen molar-refractivity contribution in [3.63, 3.8) is 0 Å². The van der Waals surface area contributed by atoms with Gasteiger partial charge in [-0.2, -0.15) is 0 Å². The average molecular weight is 300 g/mol. The molecule has 118 valence electrons. The summed E-state index contributed by atoms with van der Waals surface area (Å²) in [6, 6.07) is 7.70. The van der Waals surface area contributed by atoms with E-state index in [0.717, 1.165) is 30.4 Å². The number of hydrogen-bond donors (Lipinski definition) is 1. The highest BCUT2D eigenvalue weighted by molar-refractivity contribution is 5.81. The summed E-state index contributed by atoms with van der Waals surface area (Å²) in [5.74, 6) is -0.0491. The van der Waals surface area contributed by atoms with Crippen molar-refractivity contribution in [1.82, 2.24) is 10.2 Å². The molecule has 0 fully saturated rings. The van der Waals surface area contributed by atoms with Gasteiger partial charge in [0.05, 0.1) is 12.5 Å². The van der Waals surface area contributed by atoms with Crippen molar-refractivity contribution in [2.75, 3.05) is 6.54 Å². The normalized spacial score (nSPS) is 16.3. The molecule has 0 saturated heterocycles. The molecule has 0 aliphatic carbocycles. The summed E-state index contributed by atoms with van der Waals surface area (Å²) in [5.41, 5.74) is 2.10. The van der Waals surface area contributed by atoms with E-state index in [4.69, 9.17) is 0 Å². The van der Waals surface area contributed by atoms with Crippen LogP contribution in [-0.2, 0) is 9.59 Å². The Morgan fingerprint density at radius 1 is 1.23 bits per heavy atom. The van der Waals surface area contributed by atoms with Gasteiger partial charge in [0, 0.05) is 19.7 Å². The lowest BCUT2D eigenvalue weighted by Gasteiger charge is -2.32. The molecule has 22 heavy (non-hydrogen) atoms. The second-order valence-electron chi connectivity index (χ2n) is 5.65. The predicted octanol–water partition coefficient (Wildman–Crippen LogP) is 3.26. The van der Waals surface area contributed by atoms with Crippen molar-refractivity contribution in [3.8, 4) is 0 Å². The van der Waals surface area contributed by atoms with Crippen LogP contribution in [0.25, 0.3) is 6.08 Å². The van der Waals surface area contributed by atoms with E-state index in [1.807, 2.05) is 30.3 Å². The molecule has 1 aliphatic rings. The third kappa shape index (κ3) is 3.97. The third-order valence-corrected chi connectivity index (χ3v) is 3.95. The fourth-order valence-corrected chi connectivity index (χ4v) is 2.76. The van der Waals surface area contributed by atoms with Crippen LogP contribution in [0.2, 0.25) is 0 Å². The van der Waals surface area contributed by atoms with E-state index in [2.05, 4.69) is 12.2 Å². The SMILES string of the molecule is CCCCCNC(=O)CC1c2ccccc2C=CN1C(C)=O. The van der Waals surface area contributed by atoms with Crippen LogP contribution >= 0.6 is 0 Å². The predicted molar refractivity (Wildman–Crippen MR) is 87.9 cm³/mol. The smallest absolute Gasteiger partial charge is 0.223 e. The molecular formula is C18H24N2O2. The maximum atomic E-state index is 12.2. The van der Waals surface area contributed by atoms with Gasteiger partial charge in [-0.25, -0.2) is 0 Å². The number of amides is 2. The van der Waals surface area contributed by atoms with E-state index >= 15 is 0 Å². The average Bonchev–Trinajstić information content (AvgIpc) is 2.51. The van der Waals surface area contributed by atoms with Gasteiger partial charge in [-0.05, 0) is 23.6 Å². The van der Waals surface area contributed by atoms with Crippen molar-refractivity contribution in [3.05, 3.63) is 41.6 Å². The summed E-state index contributed by atoms with van der Waals surface area (Å²) in [4.78, 5) is 25.7. The monoisotopic (exact) mass is 300 g/mol. The molecule has 1 N–H and O–H groups in total. The summed E-state index contributed by atoms with van der Waals surface area (Å²) in [6.07, 6.45) is 7.25. The molecule has 4 heteroatoms. The molecule has 4 nitrogen and oxygen atoms in total. The Kier molecular flexibility index (Phi) is 5.75. The van der Waals surface area contributed by atoms with Crippen LogP contribution in [0.3, 0.4) is 0 Å². The van der Waals surface area contributed by atoms with E-state index in [9.17, 15) is 9.59 Å². The molecule has 0 radical (unpaired) electrons. The lowest BCUT2D eigenvalue weighted by atomic mass is 9.93. The van der Waals surface area contributed by atoms with Gasteiger partial charge in [0.15, 0.2) is 0 Å². The molecule has 2 amide bonds. The number of nitrogens with one attached hydrogen (secondary N) is 1. The van der Waals surface area contributed by atoms with Gasteiger partial charge in [0.2, 0.25) is 11.8 Å². The van der Waals surface area contributed by atoms with Gasteiger partial charge in [-0.1, -0.05) is 44.0 Å². The van der Waals surface area contributed by atoms with E-state index in [-0.39, 0.29) is 17.9 Å². The van der Waals surface area contributed by atoms with Crippen molar-refractivity contribution in [2.24, 2.45) is 0 Å². The highest BCUT2D eigenvalue weighted by atomic mass is 16.2. The summed E-state index contributed by atoms with van der Waals surface area (Å²) in [6.45, 7) is 4.37. The van der Waals surface area contributed by atoms with E-state index in [1.165, 1.54) is 6.92 Å². The number of nitrogens with zero attached hydrogens (tertiary/aromatic N) is 1. The van der Waals surface area contributed by atoms with Crippen LogP contribution in [-0.4, -0.2) is 23.3 Å². The van der Waals surface area contributed by atoms with E-state index in [0.29, 0.717) is 13.0 Å². The molecule has 1 unspecified atom stereocenters. The number of unbranched alkanes of at least 4 members (excludes halogenated alkanes) is 2. The first-order valence-electron chi connectivity index (χ1n) is 7.96. The minimum Gasteiger partial charge on any atom is -0.356 e. The number of carbonyl (C=O) groups is 2. The molecule has 2 rings (SSSR count). The Morgan fingerprint density at radius 3 is 2.73 bits per heavy atom. The summed E-state index contributed by atoms with van der Waals surface area (Å²) < 4.78 is 0. The Morgan fingerprint density at radius 2 is 2.00 bits per heavy atom. The first-order valence-corrected chi connectivity index (χ1v) is 7.96. The molecule has 1 aliphatic heterocycles. The zero-order valence-corrected chi connectivity index (χ0v) is 13.3. The zero-order valence-electron chi connectivity index (χ0n) is 13.3. The van der Waals surface area contributed by atoms with Gasteiger partial charge >= 0.3 is 0 Å². The Bertz CT molecular complexity index is 566. The molecule has 1 heterocycles. The summed E-state index contributed by atoms with van der Waals surface area (Å²) >= 11 is 0. The molecule has 1 atom stereocenters. The maximum Gasteiger partial charge on any atom is 0.223 e. The van der Waals surface area contributed by atoms with Gasteiger partial charge < -0.3 is 10.2 Å². The topological polar surface area (TPSA) is 49.4 Å². The highest BCUT2D eigenvalue weighted by Gasteiger charge is 2.27. The first kappa shape index (κ1) is 16.3. The Balaban J connectivity index is 2.07. The number of hydrogen-bond acceptors (Lipinski definition) is 2. The van der Waals surface area contributed by atoms with Crippen molar-refractivity contribution in [1.29, 1.82) is 0 Å². The number of benzene rings is 1. The van der Waals surface area contributed by atoms with Crippen LogP contribution in [0.5, 0.6) is 0 Å². The fraction of sp³-hybridized carbons (Fsp3) is 0.444. The maximum absolute atomic E-state index is 12.2. The minimum atomic E-state index is -0.218. The zero-order chi connectivity index (χ0) is 15.9. The lowest BCUT2D eigenvalue weighted by Crippen LogP contribution is -2.35. The van der Waals surface area contributed by atoms with Gasteiger partial charge in [0.1, 0.15) is 0 Å². The first-order chi connectivity index (χ1) is 10.6. The van der Waals surface area contributed by atoms with Crippen LogP contribution in [0, 0.1) is 0 Å². The van der Waals surface area contributed by atoms with Crippen LogP contribution in [0.15, 0.2) is 30.5 Å². The molecule has 0 spiro atoms. The molecule has 0 aromatic heterocycles. The van der Waals surface area contributed by atoms with Gasteiger partial charge in [0.25, 0.3) is 0 Å². The standard InChI is InChI=1S/C18H24N2O2/c1-3-4-7-11-19-18(22)13-17-16-9-6-5-8-15(16)10-12-20(17)14(2)21/h5-6,8-10,12,17H,3-4,7,11,13H2,1-2H3,(H,19,22). The quantitative estimate of drug-likeness (QED) is 0.820. The Labute approximate surface area is 132 Å². The number of carbonyl (C=O) groups excluding carboxylic acids is 2. The van der Waals surface area contributed by atoms with Crippen molar-refractivity contribution >= 4 is 17.9 Å². The second-order valence-corrected chi connectivity index (χ2v) is 5.65. The minimum absolute atomic E-state index is 0.00236. The van der Waals surface area contributed by atoms with Crippen LogP contribution in [0.1, 0.15) is 56.7 Å². The summed E-state index contributed by atoms with van der Waals surface area (Å²) in [7, 11) is 0. The van der Waals surface area contributed by atoms with Crippen molar-refractivity contribution in [2.45, 2.75) is 45.6 Å².